The highest BCUT2D eigenvalue weighted by molar-refractivity contribution is 7.12. The number of likely N-dealkylation sites (N-methyl/N-ethyl adjacent to an activating group) is 1. The first-order valence-corrected chi connectivity index (χ1v) is 6.77. The van der Waals surface area contributed by atoms with Crippen molar-refractivity contribution in [3.05, 3.63) is 21.9 Å². The summed E-state index contributed by atoms with van der Waals surface area (Å²) in [5, 5.41) is 0. The summed E-state index contributed by atoms with van der Waals surface area (Å²) < 4.78 is 0. The Labute approximate surface area is 103 Å². The van der Waals surface area contributed by atoms with Crippen molar-refractivity contribution in [1.29, 1.82) is 0 Å². The molecule has 0 aliphatic carbocycles. The molecule has 2 N–H and O–H groups in total. The molecule has 0 bridgehead atoms. The molecule has 92 valence electrons. The molecular weight excluding hydrogens is 216 g/mol. The molecule has 16 heavy (non-hydrogen) atoms. The summed E-state index contributed by atoms with van der Waals surface area (Å²) in [5.41, 5.74) is 5.92. The number of nitrogens with two attached hydrogens (primary N) is 1. The number of nitrogens with zero attached hydrogens (tertiary/aromatic N) is 1. The van der Waals surface area contributed by atoms with Crippen molar-refractivity contribution in [2.24, 2.45) is 11.7 Å². The van der Waals surface area contributed by atoms with Crippen LogP contribution in [-0.4, -0.2) is 24.5 Å². The largest absolute Gasteiger partial charge is 0.329 e. The highest BCUT2D eigenvalue weighted by Crippen LogP contribution is 2.28. The highest BCUT2D eigenvalue weighted by Gasteiger charge is 2.23. The molecule has 2 unspecified atom stereocenters. The van der Waals surface area contributed by atoms with E-state index in [9.17, 15) is 0 Å². The third-order valence-corrected chi connectivity index (χ3v) is 4.51. The summed E-state index contributed by atoms with van der Waals surface area (Å²) in [5.74, 6) is 0.653. The Morgan fingerprint density at radius 1 is 1.31 bits per heavy atom. The molecule has 0 radical (unpaired) electrons. The van der Waals surface area contributed by atoms with Gasteiger partial charge in [-0.15, -0.1) is 11.3 Å². The first kappa shape index (κ1) is 13.7. The molecule has 1 heterocycles. The predicted octanol–water partition coefficient (Wildman–Crippen LogP) is 3.03. The van der Waals surface area contributed by atoms with Crippen molar-refractivity contribution >= 4 is 11.3 Å². The Hall–Kier alpha value is -0.380. The summed E-state index contributed by atoms with van der Waals surface area (Å²) in [6.45, 7) is 9.62. The molecule has 1 rings (SSSR count). The molecule has 0 aromatic carbocycles. The van der Waals surface area contributed by atoms with Crippen LogP contribution in [0.2, 0.25) is 0 Å². The quantitative estimate of drug-likeness (QED) is 0.857. The van der Waals surface area contributed by atoms with Crippen LogP contribution in [0.15, 0.2) is 12.1 Å². The molecule has 1 aromatic rings. The van der Waals surface area contributed by atoms with E-state index in [0.29, 0.717) is 24.5 Å². The minimum absolute atomic E-state index is 0.357. The van der Waals surface area contributed by atoms with Gasteiger partial charge in [0.1, 0.15) is 0 Å². The molecule has 0 aliphatic heterocycles. The minimum Gasteiger partial charge on any atom is -0.329 e. The molecule has 0 aliphatic rings. The topological polar surface area (TPSA) is 29.3 Å². The molecule has 2 atom stereocenters. The van der Waals surface area contributed by atoms with Gasteiger partial charge in [-0.1, -0.05) is 13.8 Å². The second kappa shape index (κ2) is 5.80. The second-order valence-electron chi connectivity index (χ2n) is 4.85. The highest BCUT2D eigenvalue weighted by atomic mass is 32.1. The van der Waals surface area contributed by atoms with Gasteiger partial charge in [-0.2, -0.15) is 0 Å². The molecule has 0 saturated heterocycles. The van der Waals surface area contributed by atoms with E-state index in [1.165, 1.54) is 9.75 Å². The third kappa shape index (κ3) is 3.06. The average Bonchev–Trinajstić information content (AvgIpc) is 2.64. The molecule has 3 heteroatoms. The molecule has 0 fully saturated rings. The van der Waals surface area contributed by atoms with Crippen LogP contribution in [0.25, 0.3) is 0 Å². The Morgan fingerprint density at radius 3 is 2.31 bits per heavy atom. The average molecular weight is 240 g/mol. The van der Waals surface area contributed by atoms with Gasteiger partial charge in [-0.25, -0.2) is 0 Å². The van der Waals surface area contributed by atoms with E-state index in [-0.39, 0.29) is 0 Å². The Morgan fingerprint density at radius 2 is 1.94 bits per heavy atom. The Bertz CT molecular complexity index is 319. The molecule has 0 amide bonds. The van der Waals surface area contributed by atoms with Gasteiger partial charge in [-0.05, 0) is 38.9 Å². The summed E-state index contributed by atoms with van der Waals surface area (Å²) in [6.07, 6.45) is 0. The van der Waals surface area contributed by atoms with Crippen molar-refractivity contribution in [1.82, 2.24) is 4.90 Å². The lowest BCUT2D eigenvalue weighted by Gasteiger charge is -2.34. The first-order valence-electron chi connectivity index (χ1n) is 5.95. The summed E-state index contributed by atoms with van der Waals surface area (Å²) in [4.78, 5) is 5.14. The fourth-order valence-corrected chi connectivity index (χ4v) is 2.91. The number of hydrogen-bond acceptors (Lipinski definition) is 3. The zero-order valence-electron chi connectivity index (χ0n) is 11.0. The van der Waals surface area contributed by atoms with Gasteiger partial charge in [0.2, 0.25) is 0 Å². The zero-order chi connectivity index (χ0) is 12.3. The fourth-order valence-electron chi connectivity index (χ4n) is 1.87. The van der Waals surface area contributed by atoms with Crippen LogP contribution in [0.4, 0.5) is 0 Å². The third-order valence-electron chi connectivity index (χ3n) is 3.41. The maximum absolute atomic E-state index is 5.92. The summed E-state index contributed by atoms with van der Waals surface area (Å²) >= 11 is 1.86. The van der Waals surface area contributed by atoms with Crippen molar-refractivity contribution in [3.8, 4) is 0 Å². The number of rotatable bonds is 5. The van der Waals surface area contributed by atoms with Crippen LogP contribution in [-0.2, 0) is 0 Å². The number of thiophene rings is 1. The zero-order valence-corrected chi connectivity index (χ0v) is 11.8. The van der Waals surface area contributed by atoms with Gasteiger partial charge in [0.05, 0.1) is 6.04 Å². The minimum atomic E-state index is 0.357. The number of hydrogen-bond donors (Lipinski definition) is 1. The second-order valence-corrected chi connectivity index (χ2v) is 6.17. The molecule has 1 aromatic heterocycles. The van der Waals surface area contributed by atoms with Crippen LogP contribution < -0.4 is 5.73 Å². The van der Waals surface area contributed by atoms with Crippen LogP contribution in [0.5, 0.6) is 0 Å². The Balaban J connectivity index is 2.82. The monoisotopic (exact) mass is 240 g/mol. The standard InChI is InChI=1S/C13H24N2S/c1-9(2)11(4)15(5)12(8-14)13-7-6-10(3)16-13/h6-7,9,11-12H,8,14H2,1-5H3. The van der Waals surface area contributed by atoms with Crippen molar-refractivity contribution < 1.29 is 0 Å². The maximum Gasteiger partial charge on any atom is 0.0564 e. The van der Waals surface area contributed by atoms with Gasteiger partial charge in [0.25, 0.3) is 0 Å². The predicted molar refractivity (Wildman–Crippen MR) is 72.9 cm³/mol. The van der Waals surface area contributed by atoms with Crippen molar-refractivity contribution in [2.45, 2.75) is 39.8 Å². The lowest BCUT2D eigenvalue weighted by Crippen LogP contribution is -2.39. The van der Waals surface area contributed by atoms with E-state index in [1.807, 2.05) is 11.3 Å². The number of aryl methyl sites for hydroxylation is 1. The lowest BCUT2D eigenvalue weighted by atomic mass is 10.0. The van der Waals surface area contributed by atoms with Gasteiger partial charge >= 0.3 is 0 Å². The molecule has 0 spiro atoms. The van der Waals surface area contributed by atoms with Gasteiger partial charge in [-0.3, -0.25) is 4.90 Å². The normalized spacial score (nSPS) is 15.8. The van der Waals surface area contributed by atoms with Gasteiger partial charge < -0.3 is 5.73 Å². The SMILES string of the molecule is Cc1ccc(C(CN)N(C)C(C)C(C)C)s1. The van der Waals surface area contributed by atoms with E-state index in [4.69, 9.17) is 5.73 Å². The first-order chi connectivity index (χ1) is 7.47. The van der Waals surface area contributed by atoms with E-state index < -0.39 is 0 Å². The summed E-state index contributed by atoms with van der Waals surface area (Å²) in [7, 11) is 2.18. The maximum atomic E-state index is 5.92. The van der Waals surface area contributed by atoms with E-state index >= 15 is 0 Å². The molecule has 2 nitrogen and oxygen atoms in total. The van der Waals surface area contributed by atoms with Crippen LogP contribution >= 0.6 is 11.3 Å². The summed E-state index contributed by atoms with van der Waals surface area (Å²) in [6, 6.07) is 5.30. The Kier molecular flexibility index (Phi) is 4.96. The molecular formula is C13H24N2S. The lowest BCUT2D eigenvalue weighted by molar-refractivity contribution is 0.154. The van der Waals surface area contributed by atoms with E-state index in [2.05, 4.69) is 51.8 Å². The van der Waals surface area contributed by atoms with Gasteiger partial charge in [0.15, 0.2) is 0 Å². The van der Waals surface area contributed by atoms with E-state index in [0.717, 1.165) is 0 Å². The smallest absolute Gasteiger partial charge is 0.0564 e. The van der Waals surface area contributed by atoms with Crippen LogP contribution in [0.3, 0.4) is 0 Å². The van der Waals surface area contributed by atoms with Crippen LogP contribution in [0.1, 0.15) is 36.6 Å². The van der Waals surface area contributed by atoms with E-state index in [1.54, 1.807) is 0 Å². The van der Waals surface area contributed by atoms with Crippen molar-refractivity contribution in [3.63, 3.8) is 0 Å². The molecule has 0 saturated carbocycles. The van der Waals surface area contributed by atoms with Crippen molar-refractivity contribution in [2.75, 3.05) is 13.6 Å². The van der Waals surface area contributed by atoms with Gasteiger partial charge in [0, 0.05) is 22.3 Å². The van der Waals surface area contributed by atoms with Crippen LogP contribution in [0, 0.1) is 12.8 Å². The fraction of sp³-hybridized carbons (Fsp3) is 0.692.